The number of aromatic nitrogens is 4. The number of ketones is 1. The zero-order valence-corrected chi connectivity index (χ0v) is 19.2. The number of carbonyl (C=O) groups excluding carboxylic acids is 1. The Hall–Kier alpha value is -2.38. The summed E-state index contributed by atoms with van der Waals surface area (Å²) in [5, 5.41) is 9.51. The van der Waals surface area contributed by atoms with Crippen LogP contribution in [0.5, 0.6) is 0 Å². The maximum Gasteiger partial charge on any atom is 0.191 e. The molecule has 160 valence electrons. The predicted octanol–water partition coefficient (Wildman–Crippen LogP) is 4.49. The first kappa shape index (κ1) is 22.3. The van der Waals surface area contributed by atoms with Crippen molar-refractivity contribution in [3.05, 3.63) is 64.7 Å². The van der Waals surface area contributed by atoms with E-state index in [-0.39, 0.29) is 11.8 Å². The third kappa shape index (κ3) is 4.84. The molecule has 2 aromatic heterocycles. The second kappa shape index (κ2) is 10.1. The SMILES string of the molecule is CCn1c(Cc2ccccc2)nnc1SCC(=O)c1cc(C)n(C(C)COC)c1C. The molecule has 3 rings (SSSR count). The lowest BCUT2D eigenvalue weighted by molar-refractivity contribution is 0.102. The van der Waals surface area contributed by atoms with Crippen LogP contribution in [-0.4, -0.2) is 44.6 Å². The van der Waals surface area contributed by atoms with Gasteiger partial charge < -0.3 is 13.9 Å². The molecule has 30 heavy (non-hydrogen) atoms. The summed E-state index contributed by atoms with van der Waals surface area (Å²) in [6.07, 6.45) is 0.731. The minimum Gasteiger partial charge on any atom is -0.383 e. The van der Waals surface area contributed by atoms with Crippen molar-refractivity contribution in [2.75, 3.05) is 19.5 Å². The van der Waals surface area contributed by atoms with Crippen molar-refractivity contribution in [3.63, 3.8) is 0 Å². The predicted molar refractivity (Wildman–Crippen MR) is 120 cm³/mol. The normalized spacial score (nSPS) is 12.3. The molecule has 1 aromatic carbocycles. The fourth-order valence-electron chi connectivity index (χ4n) is 3.91. The molecule has 0 saturated carbocycles. The third-order valence-electron chi connectivity index (χ3n) is 5.28. The Bertz CT molecular complexity index is 994. The van der Waals surface area contributed by atoms with Crippen molar-refractivity contribution >= 4 is 17.5 Å². The molecule has 1 atom stereocenters. The standard InChI is InChI=1S/C23H30N4O2S/c1-6-26-22(13-19-10-8-7-9-11-19)24-25-23(26)30-15-21(28)20-12-16(2)27(18(20)4)17(3)14-29-5/h7-12,17H,6,13-15H2,1-5H3. The fourth-order valence-corrected chi connectivity index (χ4v) is 4.82. The van der Waals surface area contributed by atoms with E-state index in [0.717, 1.165) is 40.9 Å². The molecule has 0 spiro atoms. The van der Waals surface area contributed by atoms with Gasteiger partial charge in [-0.05, 0) is 39.3 Å². The summed E-state index contributed by atoms with van der Waals surface area (Å²) in [4.78, 5) is 13.0. The summed E-state index contributed by atoms with van der Waals surface area (Å²) in [6, 6.07) is 12.4. The zero-order valence-electron chi connectivity index (χ0n) is 18.4. The van der Waals surface area contributed by atoms with Crippen LogP contribution in [0.15, 0.2) is 41.6 Å². The van der Waals surface area contributed by atoms with Crippen LogP contribution in [0.1, 0.15) is 53.0 Å². The Morgan fingerprint density at radius 1 is 1.20 bits per heavy atom. The molecular formula is C23H30N4O2S. The Labute approximate surface area is 182 Å². The van der Waals surface area contributed by atoms with Gasteiger partial charge in [-0.25, -0.2) is 0 Å². The zero-order chi connectivity index (χ0) is 21.7. The average Bonchev–Trinajstić information content (AvgIpc) is 3.26. The van der Waals surface area contributed by atoms with Crippen molar-refractivity contribution < 1.29 is 9.53 Å². The first-order valence-electron chi connectivity index (χ1n) is 10.3. The lowest BCUT2D eigenvalue weighted by Gasteiger charge is -2.17. The highest BCUT2D eigenvalue weighted by atomic mass is 32.2. The highest BCUT2D eigenvalue weighted by molar-refractivity contribution is 7.99. The molecule has 6 nitrogen and oxygen atoms in total. The van der Waals surface area contributed by atoms with Crippen LogP contribution in [0.3, 0.4) is 0 Å². The van der Waals surface area contributed by atoms with Gasteiger partial charge in [0, 0.05) is 37.0 Å². The Balaban J connectivity index is 1.72. The number of Topliss-reactive ketones (excluding diaryl/α,β-unsaturated/α-hetero) is 1. The van der Waals surface area contributed by atoms with E-state index in [2.05, 4.69) is 45.3 Å². The van der Waals surface area contributed by atoms with E-state index in [1.807, 2.05) is 38.1 Å². The van der Waals surface area contributed by atoms with Crippen molar-refractivity contribution in [1.82, 2.24) is 19.3 Å². The minimum atomic E-state index is 0.110. The molecule has 0 radical (unpaired) electrons. The summed E-state index contributed by atoms with van der Waals surface area (Å²) in [5.74, 6) is 1.37. The van der Waals surface area contributed by atoms with Crippen molar-refractivity contribution in [2.24, 2.45) is 0 Å². The number of hydrogen-bond donors (Lipinski definition) is 0. The summed E-state index contributed by atoms with van der Waals surface area (Å²) in [6.45, 7) is 9.60. The number of aryl methyl sites for hydroxylation is 1. The molecule has 0 aliphatic rings. The number of nitrogens with zero attached hydrogens (tertiary/aromatic N) is 4. The maximum absolute atomic E-state index is 13.0. The quantitative estimate of drug-likeness (QED) is 0.353. The molecule has 2 heterocycles. The molecule has 0 amide bonds. The molecule has 0 bridgehead atoms. The van der Waals surface area contributed by atoms with Gasteiger partial charge in [-0.2, -0.15) is 0 Å². The molecule has 0 aliphatic heterocycles. The number of methoxy groups -OCH3 is 1. The van der Waals surface area contributed by atoms with Crippen molar-refractivity contribution in [3.8, 4) is 0 Å². The summed E-state index contributed by atoms with van der Waals surface area (Å²) < 4.78 is 9.55. The molecule has 3 aromatic rings. The first-order chi connectivity index (χ1) is 14.5. The summed E-state index contributed by atoms with van der Waals surface area (Å²) in [5.41, 5.74) is 4.04. The van der Waals surface area contributed by atoms with Crippen LogP contribution < -0.4 is 0 Å². The van der Waals surface area contributed by atoms with Crippen LogP contribution in [0.2, 0.25) is 0 Å². The lowest BCUT2D eigenvalue weighted by Crippen LogP contribution is -2.15. The van der Waals surface area contributed by atoms with E-state index < -0.39 is 0 Å². The van der Waals surface area contributed by atoms with Gasteiger partial charge in [-0.15, -0.1) is 10.2 Å². The topological polar surface area (TPSA) is 61.9 Å². The van der Waals surface area contributed by atoms with Gasteiger partial charge in [0.25, 0.3) is 0 Å². The Morgan fingerprint density at radius 2 is 1.93 bits per heavy atom. The minimum absolute atomic E-state index is 0.110. The van der Waals surface area contributed by atoms with Crippen molar-refractivity contribution in [2.45, 2.75) is 51.9 Å². The van der Waals surface area contributed by atoms with E-state index >= 15 is 0 Å². The Morgan fingerprint density at radius 3 is 2.60 bits per heavy atom. The van der Waals surface area contributed by atoms with E-state index in [0.29, 0.717) is 12.4 Å². The molecule has 0 N–H and O–H groups in total. The van der Waals surface area contributed by atoms with Gasteiger partial charge in [0.15, 0.2) is 10.9 Å². The van der Waals surface area contributed by atoms with Gasteiger partial charge in [0.05, 0.1) is 18.4 Å². The van der Waals surface area contributed by atoms with Gasteiger partial charge in [-0.1, -0.05) is 42.1 Å². The number of hydrogen-bond acceptors (Lipinski definition) is 5. The van der Waals surface area contributed by atoms with Crippen LogP contribution in [0.25, 0.3) is 0 Å². The number of carbonyl (C=O) groups is 1. The van der Waals surface area contributed by atoms with Gasteiger partial charge in [0.1, 0.15) is 5.82 Å². The largest absolute Gasteiger partial charge is 0.383 e. The van der Waals surface area contributed by atoms with E-state index in [1.165, 1.54) is 17.3 Å². The van der Waals surface area contributed by atoms with Crippen LogP contribution in [0.4, 0.5) is 0 Å². The second-order valence-electron chi connectivity index (χ2n) is 7.48. The third-order valence-corrected chi connectivity index (χ3v) is 6.25. The smallest absolute Gasteiger partial charge is 0.191 e. The molecule has 0 saturated heterocycles. The van der Waals surface area contributed by atoms with Gasteiger partial charge in [0.2, 0.25) is 0 Å². The van der Waals surface area contributed by atoms with Crippen LogP contribution >= 0.6 is 11.8 Å². The molecule has 0 fully saturated rings. The highest BCUT2D eigenvalue weighted by Gasteiger charge is 2.20. The lowest BCUT2D eigenvalue weighted by atomic mass is 10.1. The molecule has 0 aliphatic carbocycles. The number of thioether (sulfide) groups is 1. The second-order valence-corrected chi connectivity index (χ2v) is 8.42. The van der Waals surface area contributed by atoms with E-state index in [1.54, 1.807) is 7.11 Å². The average molecular weight is 427 g/mol. The van der Waals surface area contributed by atoms with Gasteiger partial charge >= 0.3 is 0 Å². The number of benzene rings is 1. The monoisotopic (exact) mass is 426 g/mol. The number of rotatable bonds is 10. The highest BCUT2D eigenvalue weighted by Crippen LogP contribution is 2.24. The van der Waals surface area contributed by atoms with Crippen molar-refractivity contribution in [1.29, 1.82) is 0 Å². The first-order valence-corrected chi connectivity index (χ1v) is 11.2. The number of ether oxygens (including phenoxy) is 1. The van der Waals surface area contributed by atoms with Gasteiger partial charge in [-0.3, -0.25) is 4.79 Å². The van der Waals surface area contributed by atoms with Crippen LogP contribution in [0, 0.1) is 13.8 Å². The van der Waals surface area contributed by atoms with Crippen LogP contribution in [-0.2, 0) is 17.7 Å². The maximum atomic E-state index is 13.0. The molecule has 7 heteroatoms. The summed E-state index contributed by atoms with van der Waals surface area (Å²) >= 11 is 1.45. The van der Waals surface area contributed by atoms with E-state index in [4.69, 9.17) is 4.74 Å². The molecule has 1 unspecified atom stereocenters. The molecular weight excluding hydrogens is 396 g/mol. The Kier molecular flexibility index (Phi) is 7.50. The van der Waals surface area contributed by atoms with E-state index in [9.17, 15) is 4.79 Å². The summed E-state index contributed by atoms with van der Waals surface area (Å²) in [7, 11) is 1.70. The fraction of sp³-hybridized carbons (Fsp3) is 0.435.